The van der Waals surface area contributed by atoms with Crippen LogP contribution in [0.2, 0.25) is 0 Å². The Hall–Kier alpha value is -3.21. The number of carbonyl (C=O) groups excluding carboxylic acids is 1. The Morgan fingerprint density at radius 2 is 2.04 bits per heavy atom. The third kappa shape index (κ3) is 3.16. The van der Waals surface area contributed by atoms with Crippen LogP contribution < -0.4 is 10.2 Å². The van der Waals surface area contributed by atoms with E-state index in [2.05, 4.69) is 28.3 Å². The standard InChI is InChI=1S/C21H20N4O/c1-15-10-16-6-2-3-8-20(16)25(15)21(26)17-11-19(13-22-12-17)24-14-18-7-4-5-9-23-18/h2-9,11-13,15,24H,10,14H2,1H3. The fraction of sp³-hybridized carbons (Fsp3) is 0.190. The normalized spacial score (nSPS) is 15.6. The molecule has 0 radical (unpaired) electrons. The molecule has 3 aromatic rings. The van der Waals surface area contributed by atoms with Crippen molar-refractivity contribution in [3.8, 4) is 0 Å². The highest BCUT2D eigenvalue weighted by atomic mass is 16.2. The number of nitrogens with zero attached hydrogens (tertiary/aromatic N) is 3. The highest BCUT2D eigenvalue weighted by molar-refractivity contribution is 6.08. The first-order valence-corrected chi connectivity index (χ1v) is 8.72. The van der Waals surface area contributed by atoms with Crippen LogP contribution in [0.1, 0.15) is 28.5 Å². The van der Waals surface area contributed by atoms with Crippen molar-refractivity contribution >= 4 is 17.3 Å². The van der Waals surface area contributed by atoms with Gasteiger partial charge in [-0.15, -0.1) is 0 Å². The van der Waals surface area contributed by atoms with Crippen molar-refractivity contribution in [3.05, 3.63) is 83.9 Å². The average molecular weight is 344 g/mol. The van der Waals surface area contributed by atoms with Crippen molar-refractivity contribution in [1.82, 2.24) is 9.97 Å². The molecular weight excluding hydrogens is 324 g/mol. The minimum atomic E-state index is -0.0172. The highest BCUT2D eigenvalue weighted by Crippen LogP contribution is 2.33. The number of hydrogen-bond donors (Lipinski definition) is 1. The number of anilines is 2. The summed E-state index contributed by atoms with van der Waals surface area (Å²) in [4.78, 5) is 23.5. The predicted molar refractivity (Wildman–Crippen MR) is 102 cm³/mol. The number of amides is 1. The van der Waals surface area contributed by atoms with Gasteiger partial charge in [-0.2, -0.15) is 0 Å². The summed E-state index contributed by atoms with van der Waals surface area (Å²) in [7, 11) is 0. The van der Waals surface area contributed by atoms with Gasteiger partial charge in [0.25, 0.3) is 5.91 Å². The lowest BCUT2D eigenvalue weighted by Gasteiger charge is -2.23. The van der Waals surface area contributed by atoms with E-state index in [0.29, 0.717) is 12.1 Å². The van der Waals surface area contributed by atoms with Gasteiger partial charge < -0.3 is 10.2 Å². The monoisotopic (exact) mass is 344 g/mol. The minimum Gasteiger partial charge on any atom is -0.378 e. The Bertz CT molecular complexity index is 926. The lowest BCUT2D eigenvalue weighted by molar-refractivity contribution is 0.0981. The quantitative estimate of drug-likeness (QED) is 0.784. The van der Waals surface area contributed by atoms with Crippen molar-refractivity contribution in [2.24, 2.45) is 0 Å². The number of benzene rings is 1. The van der Waals surface area contributed by atoms with E-state index in [-0.39, 0.29) is 11.9 Å². The van der Waals surface area contributed by atoms with Crippen molar-refractivity contribution in [1.29, 1.82) is 0 Å². The number of hydrogen-bond acceptors (Lipinski definition) is 4. The van der Waals surface area contributed by atoms with Crippen LogP contribution in [0.4, 0.5) is 11.4 Å². The third-order valence-corrected chi connectivity index (χ3v) is 4.61. The van der Waals surface area contributed by atoms with E-state index in [1.54, 1.807) is 18.6 Å². The molecule has 0 aliphatic carbocycles. The molecular formula is C21H20N4O. The smallest absolute Gasteiger partial charge is 0.260 e. The summed E-state index contributed by atoms with van der Waals surface area (Å²) >= 11 is 0. The topological polar surface area (TPSA) is 58.1 Å². The molecule has 1 atom stereocenters. The molecule has 1 aromatic carbocycles. The zero-order valence-corrected chi connectivity index (χ0v) is 14.6. The van der Waals surface area contributed by atoms with Gasteiger partial charge in [0.15, 0.2) is 0 Å². The Morgan fingerprint density at radius 3 is 2.88 bits per heavy atom. The van der Waals surface area contributed by atoms with E-state index in [1.807, 2.05) is 47.4 Å². The van der Waals surface area contributed by atoms with Gasteiger partial charge in [-0.1, -0.05) is 24.3 Å². The lowest BCUT2D eigenvalue weighted by Crippen LogP contribution is -2.35. The van der Waals surface area contributed by atoms with E-state index >= 15 is 0 Å². The van der Waals surface area contributed by atoms with Crippen LogP contribution >= 0.6 is 0 Å². The maximum atomic E-state index is 13.1. The van der Waals surface area contributed by atoms with Gasteiger partial charge in [0.1, 0.15) is 0 Å². The van der Waals surface area contributed by atoms with Gasteiger partial charge in [-0.3, -0.25) is 14.8 Å². The van der Waals surface area contributed by atoms with Crippen LogP contribution in [0.15, 0.2) is 67.1 Å². The molecule has 1 aliphatic heterocycles. The molecule has 1 aliphatic rings. The SMILES string of the molecule is CC1Cc2ccccc2N1C(=O)c1cncc(NCc2ccccn2)c1. The molecule has 130 valence electrons. The van der Waals surface area contributed by atoms with Crippen molar-refractivity contribution in [2.75, 3.05) is 10.2 Å². The second-order valence-corrected chi connectivity index (χ2v) is 6.49. The van der Waals surface area contributed by atoms with Gasteiger partial charge in [-0.25, -0.2) is 0 Å². The van der Waals surface area contributed by atoms with Crippen molar-refractivity contribution < 1.29 is 4.79 Å². The van der Waals surface area contributed by atoms with Gasteiger partial charge in [0.05, 0.1) is 23.5 Å². The molecule has 0 fully saturated rings. The molecule has 1 unspecified atom stereocenters. The number of nitrogens with one attached hydrogen (secondary N) is 1. The second-order valence-electron chi connectivity index (χ2n) is 6.49. The molecule has 0 saturated heterocycles. The Balaban J connectivity index is 1.54. The van der Waals surface area contributed by atoms with Crippen LogP contribution in [0.25, 0.3) is 0 Å². The number of rotatable bonds is 4. The largest absolute Gasteiger partial charge is 0.378 e. The van der Waals surface area contributed by atoms with Crippen LogP contribution in [0.3, 0.4) is 0 Å². The Morgan fingerprint density at radius 1 is 1.19 bits per heavy atom. The van der Waals surface area contributed by atoms with E-state index in [0.717, 1.165) is 23.5 Å². The van der Waals surface area contributed by atoms with Crippen LogP contribution in [-0.4, -0.2) is 21.9 Å². The number of pyridine rings is 2. The summed E-state index contributed by atoms with van der Waals surface area (Å²) in [6.45, 7) is 2.66. The Labute approximate surface area is 152 Å². The van der Waals surface area contributed by atoms with Gasteiger partial charge >= 0.3 is 0 Å². The van der Waals surface area contributed by atoms with Gasteiger partial charge in [0, 0.05) is 30.3 Å². The first-order chi connectivity index (χ1) is 12.7. The van der Waals surface area contributed by atoms with Gasteiger partial charge in [-0.05, 0) is 43.2 Å². The number of aromatic nitrogens is 2. The lowest BCUT2D eigenvalue weighted by atomic mass is 10.1. The maximum Gasteiger partial charge on any atom is 0.260 e. The van der Waals surface area contributed by atoms with Crippen LogP contribution in [-0.2, 0) is 13.0 Å². The zero-order chi connectivity index (χ0) is 17.9. The fourth-order valence-corrected chi connectivity index (χ4v) is 3.36. The summed E-state index contributed by atoms with van der Waals surface area (Å²) in [5, 5.41) is 3.28. The summed E-state index contributed by atoms with van der Waals surface area (Å²) in [5.74, 6) is -0.0172. The molecule has 4 rings (SSSR count). The summed E-state index contributed by atoms with van der Waals surface area (Å²) < 4.78 is 0. The predicted octanol–water partition coefficient (Wildman–Crippen LogP) is 3.68. The van der Waals surface area contributed by atoms with Crippen molar-refractivity contribution in [2.45, 2.75) is 25.9 Å². The summed E-state index contributed by atoms with van der Waals surface area (Å²) in [6, 6.07) is 15.9. The summed E-state index contributed by atoms with van der Waals surface area (Å²) in [6.07, 6.45) is 6.00. The van der Waals surface area contributed by atoms with Gasteiger partial charge in [0.2, 0.25) is 0 Å². The average Bonchev–Trinajstić information content (AvgIpc) is 3.02. The van der Waals surface area contributed by atoms with Crippen LogP contribution in [0, 0.1) is 0 Å². The summed E-state index contributed by atoms with van der Waals surface area (Å²) in [5.41, 5.74) is 4.54. The zero-order valence-electron chi connectivity index (χ0n) is 14.6. The third-order valence-electron chi connectivity index (χ3n) is 4.61. The molecule has 0 bridgehead atoms. The number of fused-ring (bicyclic) bond motifs is 1. The van der Waals surface area contributed by atoms with E-state index in [9.17, 15) is 4.79 Å². The molecule has 2 aromatic heterocycles. The number of para-hydroxylation sites is 1. The first kappa shape index (κ1) is 16.3. The molecule has 1 amide bonds. The minimum absolute atomic E-state index is 0.0172. The van der Waals surface area contributed by atoms with E-state index < -0.39 is 0 Å². The Kier molecular flexibility index (Phi) is 4.35. The molecule has 3 heterocycles. The first-order valence-electron chi connectivity index (χ1n) is 8.72. The molecule has 5 nitrogen and oxygen atoms in total. The van der Waals surface area contributed by atoms with Crippen LogP contribution in [0.5, 0.6) is 0 Å². The molecule has 5 heteroatoms. The maximum absolute atomic E-state index is 13.1. The fourth-order valence-electron chi connectivity index (χ4n) is 3.36. The molecule has 26 heavy (non-hydrogen) atoms. The highest BCUT2D eigenvalue weighted by Gasteiger charge is 2.31. The second kappa shape index (κ2) is 6.96. The molecule has 1 N–H and O–H groups in total. The molecule has 0 spiro atoms. The van der Waals surface area contributed by atoms with E-state index in [4.69, 9.17) is 0 Å². The van der Waals surface area contributed by atoms with E-state index in [1.165, 1.54) is 5.56 Å². The number of carbonyl (C=O) groups is 1. The molecule has 0 saturated carbocycles. The van der Waals surface area contributed by atoms with Crippen molar-refractivity contribution in [3.63, 3.8) is 0 Å².